The molecule has 3 rings (SSSR count). The molecule has 1 saturated heterocycles. The number of nitrogens with zero attached hydrogens (tertiary/aromatic N) is 1. The Bertz CT molecular complexity index is 978. The number of thioether (sulfide) groups is 1. The zero-order valence-electron chi connectivity index (χ0n) is 18.2. The van der Waals surface area contributed by atoms with Gasteiger partial charge in [0.25, 0.3) is 5.91 Å². The summed E-state index contributed by atoms with van der Waals surface area (Å²) < 4.78 is 46.1. The van der Waals surface area contributed by atoms with Crippen LogP contribution in [-0.4, -0.2) is 43.4 Å². The van der Waals surface area contributed by atoms with Gasteiger partial charge in [0.2, 0.25) is 0 Å². The van der Waals surface area contributed by atoms with Gasteiger partial charge in [-0.2, -0.15) is 0 Å². The zero-order chi connectivity index (χ0) is 24.0. The molecule has 2 aromatic rings. The van der Waals surface area contributed by atoms with Crippen LogP contribution in [0.1, 0.15) is 29.3 Å². The number of hydrogen-bond acceptors (Lipinski definition) is 6. The number of hydrogen-bond donors (Lipinski definition) is 2. The number of amides is 1. The van der Waals surface area contributed by atoms with E-state index in [1.807, 2.05) is 24.1 Å². The first kappa shape index (κ1) is 25.9. The van der Waals surface area contributed by atoms with Crippen LogP contribution in [0.4, 0.5) is 18.9 Å². The first-order chi connectivity index (χ1) is 15.7. The van der Waals surface area contributed by atoms with Crippen molar-refractivity contribution in [2.45, 2.75) is 37.2 Å². The first-order valence-corrected chi connectivity index (χ1v) is 12.9. The van der Waals surface area contributed by atoms with Gasteiger partial charge in [0.1, 0.15) is 5.75 Å². The van der Waals surface area contributed by atoms with E-state index in [0.717, 1.165) is 28.7 Å². The highest BCUT2D eigenvalue weighted by molar-refractivity contribution is 7.99. The maximum Gasteiger partial charge on any atom is 0.573 e. The van der Waals surface area contributed by atoms with E-state index in [1.54, 1.807) is 30.0 Å². The van der Waals surface area contributed by atoms with Crippen molar-refractivity contribution in [2.24, 2.45) is 0 Å². The SMILES string of the molecule is CCSc1ccc(Cl)cc1CNC(=O)c1cc(OC(F)(F)F)cc(N2CCC(NSC)C2)c1. The van der Waals surface area contributed by atoms with E-state index in [1.165, 1.54) is 18.0 Å². The third-order valence-corrected chi connectivity index (χ3v) is 6.79. The van der Waals surface area contributed by atoms with Gasteiger partial charge in [-0.05, 0) is 54.3 Å². The summed E-state index contributed by atoms with van der Waals surface area (Å²) >= 11 is 9.22. The summed E-state index contributed by atoms with van der Waals surface area (Å²) in [6, 6.07) is 9.68. The molecule has 0 saturated carbocycles. The largest absolute Gasteiger partial charge is 0.573 e. The normalized spacial score (nSPS) is 16.2. The summed E-state index contributed by atoms with van der Waals surface area (Å²) in [4.78, 5) is 15.8. The number of anilines is 1. The number of benzene rings is 2. The second-order valence-corrected chi connectivity index (χ2v) is 9.77. The summed E-state index contributed by atoms with van der Waals surface area (Å²) in [7, 11) is 0. The highest BCUT2D eigenvalue weighted by atomic mass is 35.5. The molecule has 1 fully saturated rings. The molecule has 1 unspecified atom stereocenters. The molecule has 11 heteroatoms. The van der Waals surface area contributed by atoms with E-state index < -0.39 is 18.0 Å². The van der Waals surface area contributed by atoms with E-state index in [0.29, 0.717) is 23.8 Å². The molecule has 2 N–H and O–H groups in total. The maximum absolute atomic E-state index is 12.9. The van der Waals surface area contributed by atoms with Crippen LogP contribution in [0.3, 0.4) is 0 Å². The molecule has 1 aliphatic rings. The van der Waals surface area contributed by atoms with E-state index in [4.69, 9.17) is 11.6 Å². The fraction of sp³-hybridized carbons (Fsp3) is 0.409. The summed E-state index contributed by atoms with van der Waals surface area (Å²) in [6.07, 6.45) is -2.08. The highest BCUT2D eigenvalue weighted by Gasteiger charge is 2.32. The van der Waals surface area contributed by atoms with Gasteiger partial charge in [-0.15, -0.1) is 24.9 Å². The second-order valence-electron chi connectivity index (χ2n) is 7.38. The van der Waals surface area contributed by atoms with Crippen LogP contribution in [0.2, 0.25) is 5.02 Å². The third-order valence-electron chi connectivity index (χ3n) is 4.99. The lowest BCUT2D eigenvalue weighted by molar-refractivity contribution is -0.274. The Labute approximate surface area is 204 Å². The van der Waals surface area contributed by atoms with Crippen LogP contribution < -0.4 is 19.7 Å². The summed E-state index contributed by atoms with van der Waals surface area (Å²) in [6.45, 7) is 3.50. The van der Waals surface area contributed by atoms with Crippen LogP contribution in [0, 0.1) is 0 Å². The van der Waals surface area contributed by atoms with Crippen LogP contribution in [-0.2, 0) is 6.54 Å². The monoisotopic (exact) mass is 519 g/mol. The first-order valence-electron chi connectivity index (χ1n) is 10.3. The van der Waals surface area contributed by atoms with Crippen molar-refractivity contribution in [3.05, 3.63) is 52.5 Å². The Balaban J connectivity index is 1.81. The Morgan fingerprint density at radius 1 is 1.27 bits per heavy atom. The molecule has 0 aliphatic carbocycles. The Morgan fingerprint density at radius 2 is 2.06 bits per heavy atom. The van der Waals surface area contributed by atoms with Crippen LogP contribution in [0.5, 0.6) is 5.75 Å². The lowest BCUT2D eigenvalue weighted by atomic mass is 10.1. The van der Waals surface area contributed by atoms with Gasteiger partial charge in [-0.1, -0.05) is 30.5 Å². The fourth-order valence-corrected chi connectivity index (χ4v) is 5.12. The van der Waals surface area contributed by atoms with E-state index in [2.05, 4.69) is 14.8 Å². The minimum absolute atomic E-state index is 0.0970. The molecule has 33 heavy (non-hydrogen) atoms. The van der Waals surface area contributed by atoms with Crippen LogP contribution >= 0.6 is 35.3 Å². The van der Waals surface area contributed by atoms with Gasteiger partial charge >= 0.3 is 6.36 Å². The molecule has 0 aromatic heterocycles. The van der Waals surface area contributed by atoms with Gasteiger partial charge in [-0.25, -0.2) is 0 Å². The number of carbonyl (C=O) groups is 1. The molecule has 1 amide bonds. The van der Waals surface area contributed by atoms with E-state index >= 15 is 0 Å². The van der Waals surface area contributed by atoms with Gasteiger partial charge in [0.05, 0.1) is 0 Å². The molecule has 0 spiro atoms. The lowest BCUT2D eigenvalue weighted by Gasteiger charge is -2.21. The molecule has 0 bridgehead atoms. The van der Waals surface area contributed by atoms with E-state index in [9.17, 15) is 18.0 Å². The van der Waals surface area contributed by atoms with Gasteiger partial charge < -0.3 is 15.0 Å². The molecule has 2 aromatic carbocycles. The maximum atomic E-state index is 12.9. The van der Waals surface area contributed by atoms with Crippen LogP contribution in [0.25, 0.3) is 0 Å². The van der Waals surface area contributed by atoms with Crippen molar-refractivity contribution in [3.8, 4) is 5.75 Å². The highest BCUT2D eigenvalue weighted by Crippen LogP contribution is 2.31. The molecule has 1 aliphatic heterocycles. The Hall–Kier alpha value is -1.75. The Kier molecular flexibility index (Phi) is 9.09. The predicted octanol–water partition coefficient (Wildman–Crippen LogP) is 5.73. The van der Waals surface area contributed by atoms with Crippen molar-refractivity contribution in [2.75, 3.05) is 30.0 Å². The minimum Gasteiger partial charge on any atom is -0.406 e. The molecular weight excluding hydrogens is 495 g/mol. The van der Waals surface area contributed by atoms with Gasteiger partial charge in [0.15, 0.2) is 0 Å². The number of halogens is 4. The summed E-state index contributed by atoms with van der Waals surface area (Å²) in [5.74, 6) is -0.0592. The molecule has 5 nitrogen and oxygen atoms in total. The molecule has 1 heterocycles. The standard InChI is InChI=1S/C22H25ClF3N3O2S2/c1-3-33-20-5-4-16(23)8-15(20)12-27-21(30)14-9-18(11-19(10-14)31-22(24,25)26)29-7-6-17(13-29)28-32-2/h4-5,8-11,17,28H,3,6-7,12-13H2,1-2H3,(H,27,30). The van der Waals surface area contributed by atoms with Crippen molar-refractivity contribution >= 4 is 46.9 Å². The summed E-state index contributed by atoms with van der Waals surface area (Å²) in [5, 5.41) is 3.34. The summed E-state index contributed by atoms with van der Waals surface area (Å²) in [5.41, 5.74) is 1.45. The lowest BCUT2D eigenvalue weighted by Crippen LogP contribution is -2.28. The van der Waals surface area contributed by atoms with E-state index in [-0.39, 0.29) is 18.2 Å². The fourth-order valence-electron chi connectivity index (χ4n) is 3.61. The van der Waals surface area contributed by atoms with Crippen molar-refractivity contribution in [3.63, 3.8) is 0 Å². The van der Waals surface area contributed by atoms with Crippen LogP contribution in [0.15, 0.2) is 41.3 Å². The number of rotatable bonds is 9. The quantitative estimate of drug-likeness (QED) is 0.326. The average molecular weight is 520 g/mol. The zero-order valence-corrected chi connectivity index (χ0v) is 20.6. The van der Waals surface area contributed by atoms with Gasteiger partial charge in [-0.3, -0.25) is 9.52 Å². The molecule has 180 valence electrons. The van der Waals surface area contributed by atoms with Crippen molar-refractivity contribution in [1.29, 1.82) is 0 Å². The Morgan fingerprint density at radius 3 is 2.76 bits per heavy atom. The molecule has 0 radical (unpaired) electrons. The second kappa shape index (κ2) is 11.6. The smallest absolute Gasteiger partial charge is 0.406 e. The topological polar surface area (TPSA) is 53.6 Å². The third kappa shape index (κ3) is 7.63. The van der Waals surface area contributed by atoms with Crippen molar-refractivity contribution in [1.82, 2.24) is 10.0 Å². The molecule has 1 atom stereocenters. The average Bonchev–Trinajstić information content (AvgIpc) is 3.21. The number of nitrogens with one attached hydrogen (secondary N) is 2. The minimum atomic E-state index is -4.85. The van der Waals surface area contributed by atoms with Crippen molar-refractivity contribution < 1.29 is 22.7 Å². The number of carbonyl (C=O) groups excluding carboxylic acids is 1. The molecular formula is C22H25ClF3N3O2S2. The number of alkyl halides is 3. The number of ether oxygens (including phenoxy) is 1. The predicted molar refractivity (Wildman–Crippen MR) is 129 cm³/mol. The van der Waals surface area contributed by atoms with Gasteiger partial charge in [0, 0.05) is 52.9 Å².